The van der Waals surface area contributed by atoms with E-state index in [0.29, 0.717) is 22.2 Å². The Labute approximate surface area is 109 Å². The molecule has 4 heteroatoms. The maximum Gasteiger partial charge on any atom is 0.221 e. The van der Waals surface area contributed by atoms with Crippen molar-refractivity contribution in [2.45, 2.75) is 0 Å². The molecule has 0 amide bonds. The molecular formula is C15H9N3O. The molecule has 0 unspecified atom stereocenters. The third-order valence-corrected chi connectivity index (χ3v) is 2.89. The molecule has 3 aromatic rings. The van der Waals surface area contributed by atoms with Crippen molar-refractivity contribution in [1.82, 2.24) is 9.97 Å². The lowest BCUT2D eigenvalue weighted by atomic mass is 10.1. The molecule has 2 aromatic heterocycles. The van der Waals surface area contributed by atoms with Crippen LogP contribution in [0.25, 0.3) is 22.2 Å². The summed E-state index contributed by atoms with van der Waals surface area (Å²) in [6.45, 7) is 0. The number of pyridine rings is 2. The van der Waals surface area contributed by atoms with E-state index in [4.69, 9.17) is 5.26 Å². The van der Waals surface area contributed by atoms with E-state index in [1.54, 1.807) is 42.6 Å². The van der Waals surface area contributed by atoms with Gasteiger partial charge in [-0.1, -0.05) is 12.1 Å². The zero-order valence-electron chi connectivity index (χ0n) is 9.91. The van der Waals surface area contributed by atoms with Crippen LogP contribution >= 0.6 is 0 Å². The first-order valence-electron chi connectivity index (χ1n) is 5.73. The number of fused-ring (bicyclic) bond motifs is 1. The molecule has 0 aliphatic rings. The average molecular weight is 247 g/mol. The van der Waals surface area contributed by atoms with Gasteiger partial charge >= 0.3 is 0 Å². The van der Waals surface area contributed by atoms with Crippen LogP contribution in [0.4, 0.5) is 0 Å². The number of aromatic nitrogens is 2. The summed E-state index contributed by atoms with van der Waals surface area (Å²) < 4.78 is 0. The fourth-order valence-electron chi connectivity index (χ4n) is 1.92. The number of rotatable bonds is 1. The molecule has 0 fully saturated rings. The fourth-order valence-corrected chi connectivity index (χ4v) is 1.92. The van der Waals surface area contributed by atoms with Crippen LogP contribution in [0.1, 0.15) is 5.56 Å². The van der Waals surface area contributed by atoms with Crippen molar-refractivity contribution in [1.29, 1.82) is 5.26 Å². The minimum atomic E-state index is -0.0371. The van der Waals surface area contributed by atoms with Crippen LogP contribution in [0.3, 0.4) is 0 Å². The normalized spacial score (nSPS) is 10.3. The minimum Gasteiger partial charge on any atom is -0.493 e. The molecule has 0 atom stereocenters. The first-order valence-corrected chi connectivity index (χ1v) is 5.73. The molecule has 3 rings (SSSR count). The van der Waals surface area contributed by atoms with Gasteiger partial charge in [0.15, 0.2) is 0 Å². The molecule has 0 spiro atoms. The Morgan fingerprint density at radius 1 is 1.11 bits per heavy atom. The molecule has 19 heavy (non-hydrogen) atoms. The highest BCUT2D eigenvalue weighted by molar-refractivity contribution is 5.86. The fraction of sp³-hybridized carbons (Fsp3) is 0. The summed E-state index contributed by atoms with van der Waals surface area (Å²) in [5.74, 6) is -0.0371. The van der Waals surface area contributed by atoms with Gasteiger partial charge in [0.2, 0.25) is 5.88 Å². The lowest BCUT2D eigenvalue weighted by molar-refractivity contribution is 0.461. The van der Waals surface area contributed by atoms with Gasteiger partial charge in [0, 0.05) is 11.8 Å². The van der Waals surface area contributed by atoms with Crippen molar-refractivity contribution < 1.29 is 5.11 Å². The third-order valence-electron chi connectivity index (χ3n) is 2.89. The minimum absolute atomic E-state index is 0.0371. The van der Waals surface area contributed by atoms with Crippen molar-refractivity contribution in [3.05, 3.63) is 54.2 Å². The largest absolute Gasteiger partial charge is 0.493 e. The Balaban J connectivity index is 2.17. The van der Waals surface area contributed by atoms with Gasteiger partial charge in [0.25, 0.3) is 0 Å². The molecule has 0 saturated carbocycles. The average Bonchev–Trinajstić information content (AvgIpc) is 2.47. The van der Waals surface area contributed by atoms with Gasteiger partial charge in [-0.15, -0.1) is 0 Å². The Kier molecular flexibility index (Phi) is 2.58. The molecular weight excluding hydrogens is 238 g/mol. The summed E-state index contributed by atoms with van der Waals surface area (Å²) >= 11 is 0. The molecule has 0 aliphatic carbocycles. The Morgan fingerprint density at radius 3 is 2.63 bits per heavy atom. The van der Waals surface area contributed by atoms with Crippen molar-refractivity contribution in [3.63, 3.8) is 0 Å². The van der Waals surface area contributed by atoms with Crippen LogP contribution in [0.5, 0.6) is 5.88 Å². The lowest BCUT2D eigenvalue weighted by Crippen LogP contribution is -1.88. The molecule has 90 valence electrons. The topological polar surface area (TPSA) is 69.8 Å². The number of nitrogens with zero attached hydrogens (tertiary/aromatic N) is 3. The summed E-state index contributed by atoms with van der Waals surface area (Å²) in [4.78, 5) is 8.37. The van der Waals surface area contributed by atoms with Crippen LogP contribution in [0, 0.1) is 11.3 Å². The maximum atomic E-state index is 9.91. The summed E-state index contributed by atoms with van der Waals surface area (Å²) in [6, 6.07) is 14.4. The first-order chi connectivity index (χ1) is 9.28. The number of hydrogen-bond donors (Lipinski definition) is 1. The molecule has 1 N–H and O–H groups in total. The van der Waals surface area contributed by atoms with Crippen molar-refractivity contribution >= 4 is 10.9 Å². The lowest BCUT2D eigenvalue weighted by Gasteiger charge is -2.04. The monoisotopic (exact) mass is 247 g/mol. The van der Waals surface area contributed by atoms with Gasteiger partial charge in [-0.2, -0.15) is 5.26 Å². The summed E-state index contributed by atoms with van der Waals surface area (Å²) in [7, 11) is 0. The molecule has 0 bridgehead atoms. The van der Waals surface area contributed by atoms with Gasteiger partial charge in [-0.25, -0.2) is 4.98 Å². The highest BCUT2D eigenvalue weighted by Gasteiger charge is 2.07. The summed E-state index contributed by atoms with van der Waals surface area (Å²) in [6.07, 6.45) is 1.67. The molecule has 0 radical (unpaired) electrons. The number of aromatic hydroxyl groups is 1. The number of benzene rings is 1. The smallest absolute Gasteiger partial charge is 0.221 e. The second-order valence-corrected chi connectivity index (χ2v) is 4.09. The van der Waals surface area contributed by atoms with Gasteiger partial charge in [0.1, 0.15) is 0 Å². The second-order valence-electron chi connectivity index (χ2n) is 4.09. The van der Waals surface area contributed by atoms with E-state index in [0.717, 1.165) is 5.56 Å². The van der Waals surface area contributed by atoms with E-state index < -0.39 is 0 Å². The Hall–Kier alpha value is -2.93. The van der Waals surface area contributed by atoms with E-state index >= 15 is 0 Å². The van der Waals surface area contributed by atoms with Crippen LogP contribution in [0.2, 0.25) is 0 Å². The van der Waals surface area contributed by atoms with Crippen molar-refractivity contribution in [2.75, 3.05) is 0 Å². The molecule has 2 heterocycles. The van der Waals surface area contributed by atoms with Crippen LogP contribution in [-0.4, -0.2) is 15.1 Å². The van der Waals surface area contributed by atoms with Gasteiger partial charge in [0.05, 0.1) is 28.2 Å². The molecule has 0 aliphatic heterocycles. The quantitative estimate of drug-likeness (QED) is 0.717. The van der Waals surface area contributed by atoms with Crippen molar-refractivity contribution in [3.8, 4) is 23.2 Å². The maximum absolute atomic E-state index is 9.91. The predicted molar refractivity (Wildman–Crippen MR) is 71.4 cm³/mol. The van der Waals surface area contributed by atoms with Gasteiger partial charge < -0.3 is 5.11 Å². The van der Waals surface area contributed by atoms with Crippen LogP contribution in [0.15, 0.2) is 48.7 Å². The Bertz CT molecular complexity index is 789. The van der Waals surface area contributed by atoms with Crippen molar-refractivity contribution in [2.24, 2.45) is 0 Å². The predicted octanol–water partition coefficient (Wildman–Crippen LogP) is 2.87. The van der Waals surface area contributed by atoms with E-state index in [1.807, 2.05) is 6.07 Å². The standard InChI is InChI=1S/C15H9N3O/c16-9-10-3-5-11(6-4-10)13-8-14-12(15(19)18-13)2-1-7-17-14/h1-8H,(H,18,19). The molecule has 1 aromatic carbocycles. The second kappa shape index (κ2) is 4.39. The first kappa shape index (κ1) is 11.2. The molecule has 0 saturated heterocycles. The van der Waals surface area contributed by atoms with Gasteiger partial charge in [-0.3, -0.25) is 4.98 Å². The van der Waals surface area contributed by atoms with E-state index in [9.17, 15) is 5.11 Å². The van der Waals surface area contributed by atoms with E-state index in [-0.39, 0.29) is 5.88 Å². The van der Waals surface area contributed by atoms with Crippen LogP contribution < -0.4 is 0 Å². The molecule has 4 nitrogen and oxygen atoms in total. The zero-order chi connectivity index (χ0) is 13.2. The zero-order valence-corrected chi connectivity index (χ0v) is 9.91. The third kappa shape index (κ3) is 1.98. The number of hydrogen-bond acceptors (Lipinski definition) is 4. The van der Waals surface area contributed by atoms with Crippen LogP contribution in [-0.2, 0) is 0 Å². The van der Waals surface area contributed by atoms with E-state index in [2.05, 4.69) is 16.0 Å². The SMILES string of the molecule is N#Cc1ccc(-c2cc3ncccc3c(O)n2)cc1. The highest BCUT2D eigenvalue weighted by atomic mass is 16.3. The summed E-state index contributed by atoms with van der Waals surface area (Å²) in [5.41, 5.74) is 2.75. The number of nitriles is 1. The van der Waals surface area contributed by atoms with Gasteiger partial charge in [-0.05, 0) is 30.3 Å². The Morgan fingerprint density at radius 2 is 1.89 bits per heavy atom. The van der Waals surface area contributed by atoms with E-state index in [1.165, 1.54) is 0 Å². The highest BCUT2D eigenvalue weighted by Crippen LogP contribution is 2.27. The summed E-state index contributed by atoms with van der Waals surface area (Å²) in [5, 5.41) is 19.3.